The first-order valence-corrected chi connectivity index (χ1v) is 11.6. The van der Waals surface area contributed by atoms with Gasteiger partial charge in [0.2, 0.25) is 0 Å². The third-order valence-corrected chi connectivity index (χ3v) is 5.99. The molecule has 6 nitrogen and oxygen atoms in total. The lowest BCUT2D eigenvalue weighted by Crippen LogP contribution is -2.49. The van der Waals surface area contributed by atoms with Gasteiger partial charge in [-0.1, -0.05) is 6.07 Å². The van der Waals surface area contributed by atoms with Crippen molar-refractivity contribution in [1.82, 2.24) is 20.4 Å². The quantitative estimate of drug-likeness (QED) is 0.195. The number of guanidine groups is 1. The zero-order valence-corrected chi connectivity index (χ0v) is 23.0. The molecule has 0 amide bonds. The lowest BCUT2D eigenvalue weighted by molar-refractivity contribution is 0.173. The van der Waals surface area contributed by atoms with Gasteiger partial charge >= 0.3 is 0 Å². The number of hydrogen-bond donors (Lipinski definition) is 2. The van der Waals surface area contributed by atoms with E-state index in [-0.39, 0.29) is 29.8 Å². The van der Waals surface area contributed by atoms with Crippen molar-refractivity contribution in [3.8, 4) is 5.75 Å². The maximum atomic E-state index is 13.9. The summed E-state index contributed by atoms with van der Waals surface area (Å²) in [5.41, 5.74) is 0.985. The van der Waals surface area contributed by atoms with Gasteiger partial charge in [0.05, 0.1) is 7.11 Å². The number of ether oxygens (including phenoxy) is 1. The van der Waals surface area contributed by atoms with Crippen LogP contribution in [-0.4, -0.2) is 74.2 Å². The van der Waals surface area contributed by atoms with Crippen molar-refractivity contribution in [3.05, 3.63) is 29.6 Å². The van der Waals surface area contributed by atoms with E-state index in [1.54, 1.807) is 12.1 Å². The van der Waals surface area contributed by atoms with Crippen LogP contribution in [0.2, 0.25) is 0 Å². The maximum Gasteiger partial charge on any atom is 0.191 e. The minimum atomic E-state index is -0.295. The fraction of sp³-hybridized carbons (Fsp3) is 0.708. The van der Waals surface area contributed by atoms with Crippen LogP contribution in [0.25, 0.3) is 0 Å². The number of nitrogens with one attached hydrogen (secondary N) is 2. The van der Waals surface area contributed by atoms with Crippen molar-refractivity contribution in [1.29, 1.82) is 0 Å². The predicted molar refractivity (Wildman–Crippen MR) is 143 cm³/mol. The molecule has 1 aliphatic rings. The third-order valence-electron chi connectivity index (χ3n) is 5.99. The number of nitrogens with zero attached hydrogens (tertiary/aromatic N) is 3. The number of halogens is 2. The monoisotopic (exact) mass is 563 g/mol. The molecule has 0 spiro atoms. The second-order valence-electron chi connectivity index (χ2n) is 8.94. The summed E-state index contributed by atoms with van der Waals surface area (Å²) in [4.78, 5) is 9.29. The molecule has 32 heavy (non-hydrogen) atoms. The average molecular weight is 564 g/mol. The molecule has 0 saturated carbocycles. The Bertz CT molecular complexity index is 685. The first kappa shape index (κ1) is 28.9. The van der Waals surface area contributed by atoms with E-state index >= 15 is 0 Å². The van der Waals surface area contributed by atoms with E-state index in [0.717, 1.165) is 63.5 Å². The van der Waals surface area contributed by atoms with Crippen LogP contribution >= 0.6 is 24.0 Å². The third kappa shape index (κ3) is 9.39. The summed E-state index contributed by atoms with van der Waals surface area (Å²) in [5.74, 6) is 0.888. The molecule has 2 rings (SSSR count). The molecule has 1 saturated heterocycles. The molecule has 1 aromatic carbocycles. The summed E-state index contributed by atoms with van der Waals surface area (Å²) in [6.45, 7) is 13.8. The Morgan fingerprint density at radius 1 is 1.22 bits per heavy atom. The highest BCUT2D eigenvalue weighted by molar-refractivity contribution is 14.0. The van der Waals surface area contributed by atoms with Crippen LogP contribution in [-0.2, 0) is 6.54 Å². The number of rotatable bonds is 10. The van der Waals surface area contributed by atoms with E-state index in [1.807, 2.05) is 13.1 Å². The molecule has 0 aromatic heterocycles. The zero-order valence-electron chi connectivity index (χ0n) is 20.7. The van der Waals surface area contributed by atoms with Crippen LogP contribution < -0.4 is 15.4 Å². The highest BCUT2D eigenvalue weighted by Crippen LogP contribution is 2.20. The molecule has 0 bridgehead atoms. The summed E-state index contributed by atoms with van der Waals surface area (Å²) in [7, 11) is 3.32. The van der Waals surface area contributed by atoms with Gasteiger partial charge in [-0.3, -0.25) is 14.8 Å². The van der Waals surface area contributed by atoms with Gasteiger partial charge in [-0.05, 0) is 64.7 Å². The van der Waals surface area contributed by atoms with Gasteiger partial charge < -0.3 is 15.4 Å². The van der Waals surface area contributed by atoms with Gasteiger partial charge in [-0.2, -0.15) is 0 Å². The second-order valence-corrected chi connectivity index (χ2v) is 8.94. The van der Waals surface area contributed by atoms with Gasteiger partial charge in [-0.25, -0.2) is 4.39 Å². The molecule has 1 aliphatic heterocycles. The molecular weight excluding hydrogens is 520 g/mol. The number of hydrogen-bond acceptors (Lipinski definition) is 4. The number of benzene rings is 1. The van der Waals surface area contributed by atoms with Crippen LogP contribution in [0.3, 0.4) is 0 Å². The summed E-state index contributed by atoms with van der Waals surface area (Å²) < 4.78 is 18.9. The molecule has 1 aromatic rings. The van der Waals surface area contributed by atoms with E-state index in [2.05, 4.69) is 53.1 Å². The van der Waals surface area contributed by atoms with E-state index in [1.165, 1.54) is 7.11 Å². The van der Waals surface area contributed by atoms with Gasteiger partial charge in [0, 0.05) is 57.9 Å². The maximum absolute atomic E-state index is 13.9. The molecule has 184 valence electrons. The Hall–Kier alpha value is -1.13. The molecule has 0 atom stereocenters. The van der Waals surface area contributed by atoms with Gasteiger partial charge in [0.15, 0.2) is 17.5 Å². The fourth-order valence-corrected chi connectivity index (χ4v) is 4.27. The van der Waals surface area contributed by atoms with Crippen molar-refractivity contribution < 1.29 is 9.13 Å². The summed E-state index contributed by atoms with van der Waals surface area (Å²) in [6.07, 6.45) is 3.19. The molecule has 0 unspecified atom stereocenters. The second kappa shape index (κ2) is 14.9. The van der Waals surface area contributed by atoms with Crippen LogP contribution in [0.1, 0.15) is 52.5 Å². The van der Waals surface area contributed by atoms with Gasteiger partial charge in [0.25, 0.3) is 0 Å². The Morgan fingerprint density at radius 2 is 1.88 bits per heavy atom. The van der Waals surface area contributed by atoms with Crippen LogP contribution in [0.4, 0.5) is 4.39 Å². The lowest BCUT2D eigenvalue weighted by Gasteiger charge is -2.33. The number of likely N-dealkylation sites (tertiary alicyclic amines) is 1. The van der Waals surface area contributed by atoms with E-state index in [9.17, 15) is 4.39 Å². The normalized spacial score (nSPS) is 15.9. The predicted octanol–water partition coefficient (Wildman–Crippen LogP) is 4.09. The summed E-state index contributed by atoms with van der Waals surface area (Å²) >= 11 is 0. The summed E-state index contributed by atoms with van der Waals surface area (Å²) in [5, 5.41) is 7.03. The van der Waals surface area contributed by atoms with E-state index in [4.69, 9.17) is 4.74 Å². The highest BCUT2D eigenvalue weighted by Gasteiger charge is 2.20. The molecule has 0 aliphatic carbocycles. The molecule has 1 fully saturated rings. The van der Waals surface area contributed by atoms with Gasteiger partial charge in [0.1, 0.15) is 0 Å². The number of piperidine rings is 1. The smallest absolute Gasteiger partial charge is 0.191 e. The van der Waals surface area contributed by atoms with Crippen LogP contribution in [0.5, 0.6) is 5.75 Å². The minimum Gasteiger partial charge on any atom is -0.494 e. The lowest BCUT2D eigenvalue weighted by atomic mass is 10.0. The molecule has 8 heteroatoms. The first-order chi connectivity index (χ1) is 14.8. The van der Waals surface area contributed by atoms with E-state index < -0.39 is 0 Å². The Balaban J connectivity index is 0.00000512. The Labute approximate surface area is 211 Å². The van der Waals surface area contributed by atoms with Crippen molar-refractivity contribution in [3.63, 3.8) is 0 Å². The minimum absolute atomic E-state index is 0. The van der Waals surface area contributed by atoms with Crippen molar-refractivity contribution in [2.45, 2.75) is 71.6 Å². The van der Waals surface area contributed by atoms with Crippen molar-refractivity contribution in [2.24, 2.45) is 4.99 Å². The number of methoxy groups -OCH3 is 1. The highest BCUT2D eigenvalue weighted by atomic mass is 127. The fourth-order valence-electron chi connectivity index (χ4n) is 4.27. The zero-order chi connectivity index (χ0) is 22.8. The largest absolute Gasteiger partial charge is 0.494 e. The van der Waals surface area contributed by atoms with Gasteiger partial charge in [-0.15, -0.1) is 24.0 Å². The number of aliphatic imine (C=N–C) groups is 1. The topological polar surface area (TPSA) is 52.1 Å². The molecule has 2 N–H and O–H groups in total. The van der Waals surface area contributed by atoms with Crippen molar-refractivity contribution in [2.75, 3.05) is 40.3 Å². The Morgan fingerprint density at radius 3 is 2.41 bits per heavy atom. The summed E-state index contributed by atoms with van der Waals surface area (Å²) in [6, 6.07) is 6.77. The molecule has 0 radical (unpaired) electrons. The molecule has 1 heterocycles. The van der Waals surface area contributed by atoms with Crippen LogP contribution in [0, 0.1) is 5.82 Å². The first-order valence-electron chi connectivity index (χ1n) is 11.6. The van der Waals surface area contributed by atoms with Crippen molar-refractivity contribution >= 4 is 29.9 Å². The van der Waals surface area contributed by atoms with E-state index in [0.29, 0.717) is 23.9 Å². The average Bonchev–Trinajstić information content (AvgIpc) is 2.73. The standard InChI is InChI=1S/C24H42FN5O.HI/c1-18(2)30(19(3)4)13-7-12-27-24(26-5)28-21-10-14-29(15-11-21)17-20-8-9-23(31-6)22(25)16-20;/h8-9,16,18-19,21H,7,10-15,17H2,1-6H3,(H2,26,27,28);1H. The molecular formula is C24H43FIN5O. The van der Waals surface area contributed by atoms with Crippen LogP contribution in [0.15, 0.2) is 23.2 Å². The SMILES string of the molecule is CN=C(NCCCN(C(C)C)C(C)C)NC1CCN(Cc2ccc(OC)c(F)c2)CC1.I. The Kier molecular flexibility index (Phi) is 13.5.